The number of carbonyl (C=O) groups is 2. The van der Waals surface area contributed by atoms with E-state index in [1.807, 2.05) is 30.5 Å². The van der Waals surface area contributed by atoms with Gasteiger partial charge in [0.05, 0.1) is 30.9 Å². The topological polar surface area (TPSA) is 47.0 Å². The standard InChI is InChI=1S/C16H9Cl2NO2S3/c1-22-8-6-9(11-2-4-13(23-11)15(17)20)19-10(7-8)12-3-5-14(24-12)16(18)21/h2-7H,1H3. The lowest BCUT2D eigenvalue weighted by Crippen LogP contribution is -1.87. The smallest absolute Gasteiger partial charge is 0.262 e. The lowest BCUT2D eigenvalue weighted by Gasteiger charge is -2.05. The van der Waals surface area contributed by atoms with Crippen LogP contribution in [0.15, 0.2) is 41.3 Å². The van der Waals surface area contributed by atoms with Crippen LogP contribution < -0.4 is 0 Å². The molecule has 0 aliphatic carbocycles. The van der Waals surface area contributed by atoms with Crippen LogP contribution in [0.1, 0.15) is 19.3 Å². The Labute approximate surface area is 160 Å². The number of carbonyl (C=O) groups excluding carboxylic acids is 2. The second kappa shape index (κ2) is 7.37. The Morgan fingerprint density at radius 1 is 0.917 bits per heavy atom. The van der Waals surface area contributed by atoms with E-state index < -0.39 is 10.5 Å². The first-order chi connectivity index (χ1) is 11.5. The zero-order chi connectivity index (χ0) is 17.3. The van der Waals surface area contributed by atoms with Crippen LogP contribution in [0.5, 0.6) is 0 Å². The zero-order valence-corrected chi connectivity index (χ0v) is 16.2. The van der Waals surface area contributed by atoms with E-state index in [9.17, 15) is 9.59 Å². The number of hydrogen-bond acceptors (Lipinski definition) is 6. The van der Waals surface area contributed by atoms with Crippen molar-refractivity contribution >= 4 is 68.1 Å². The number of thiophene rings is 2. The summed E-state index contributed by atoms with van der Waals surface area (Å²) >= 11 is 15.3. The third kappa shape index (κ3) is 3.73. The predicted octanol–water partition coefficient (Wildman–Crippen LogP) is 6.02. The van der Waals surface area contributed by atoms with E-state index in [1.54, 1.807) is 23.9 Å². The molecule has 8 heteroatoms. The fourth-order valence-electron chi connectivity index (χ4n) is 2.04. The molecule has 0 fully saturated rings. The molecule has 0 saturated heterocycles. The van der Waals surface area contributed by atoms with Crippen LogP contribution in [0.2, 0.25) is 0 Å². The van der Waals surface area contributed by atoms with E-state index in [2.05, 4.69) is 4.98 Å². The third-order valence-electron chi connectivity index (χ3n) is 3.14. The Morgan fingerprint density at radius 3 is 1.71 bits per heavy atom. The Hall–Kier alpha value is -1.18. The van der Waals surface area contributed by atoms with Crippen LogP contribution in [0.25, 0.3) is 21.1 Å². The van der Waals surface area contributed by atoms with Gasteiger partial charge in [-0.1, -0.05) is 0 Å². The molecule has 122 valence electrons. The Bertz CT molecular complexity index is 863. The van der Waals surface area contributed by atoms with Crippen molar-refractivity contribution in [3.63, 3.8) is 0 Å². The van der Waals surface area contributed by atoms with Gasteiger partial charge in [-0.2, -0.15) is 0 Å². The van der Waals surface area contributed by atoms with Gasteiger partial charge < -0.3 is 0 Å². The van der Waals surface area contributed by atoms with Gasteiger partial charge in [0.15, 0.2) is 0 Å². The second-order valence-electron chi connectivity index (χ2n) is 4.65. The molecule has 0 spiro atoms. The summed E-state index contributed by atoms with van der Waals surface area (Å²) in [5.74, 6) is 0. The SMILES string of the molecule is CSc1cc(-c2ccc(C(=O)Cl)s2)nc(-c2ccc(C(=O)Cl)s2)c1. The lowest BCUT2D eigenvalue weighted by molar-refractivity contribution is 0.107. The van der Waals surface area contributed by atoms with E-state index >= 15 is 0 Å². The van der Waals surface area contributed by atoms with E-state index in [1.165, 1.54) is 22.7 Å². The summed E-state index contributed by atoms with van der Waals surface area (Å²) in [7, 11) is 0. The van der Waals surface area contributed by atoms with Crippen LogP contribution in [-0.2, 0) is 0 Å². The summed E-state index contributed by atoms with van der Waals surface area (Å²) in [6.45, 7) is 0. The molecule has 3 aromatic rings. The molecule has 0 aliphatic rings. The molecule has 0 N–H and O–H groups in total. The van der Waals surface area contributed by atoms with Crippen LogP contribution in [0.3, 0.4) is 0 Å². The third-order valence-corrected chi connectivity index (χ3v) is 6.69. The number of rotatable bonds is 5. The van der Waals surface area contributed by atoms with Gasteiger partial charge in [-0.25, -0.2) is 4.98 Å². The van der Waals surface area contributed by atoms with Crippen molar-refractivity contribution < 1.29 is 9.59 Å². The summed E-state index contributed by atoms with van der Waals surface area (Å²) in [6.07, 6.45) is 1.98. The number of halogens is 2. The Morgan fingerprint density at radius 2 is 1.38 bits per heavy atom. The quantitative estimate of drug-likeness (QED) is 0.378. The van der Waals surface area contributed by atoms with Crippen LogP contribution in [0, 0.1) is 0 Å². The van der Waals surface area contributed by atoms with Gasteiger partial charge in [-0.05, 0) is 65.9 Å². The molecule has 0 unspecified atom stereocenters. The molecule has 0 bridgehead atoms. The molecule has 3 nitrogen and oxygen atoms in total. The van der Waals surface area contributed by atoms with E-state index in [0.29, 0.717) is 9.75 Å². The molecule has 3 aromatic heterocycles. The normalized spacial score (nSPS) is 10.8. The lowest BCUT2D eigenvalue weighted by atomic mass is 10.2. The minimum atomic E-state index is -0.476. The van der Waals surface area contributed by atoms with Crippen molar-refractivity contribution in [3.8, 4) is 21.1 Å². The number of nitrogens with zero attached hydrogens (tertiary/aromatic N) is 1. The monoisotopic (exact) mass is 413 g/mol. The predicted molar refractivity (Wildman–Crippen MR) is 103 cm³/mol. The molecule has 0 aromatic carbocycles. The number of thioether (sulfide) groups is 1. The molecule has 0 aliphatic heterocycles. The molecule has 3 heterocycles. The highest BCUT2D eigenvalue weighted by Crippen LogP contribution is 2.35. The first-order valence-electron chi connectivity index (χ1n) is 6.64. The van der Waals surface area contributed by atoms with Gasteiger partial charge in [0, 0.05) is 4.90 Å². The number of pyridine rings is 1. The van der Waals surface area contributed by atoms with Gasteiger partial charge in [0.25, 0.3) is 10.5 Å². The van der Waals surface area contributed by atoms with Crippen LogP contribution in [-0.4, -0.2) is 21.7 Å². The summed E-state index contributed by atoms with van der Waals surface area (Å²) in [6, 6.07) is 11.0. The number of hydrogen-bond donors (Lipinski definition) is 0. The fourth-order valence-corrected chi connectivity index (χ4v) is 4.45. The zero-order valence-electron chi connectivity index (χ0n) is 12.2. The fraction of sp³-hybridized carbons (Fsp3) is 0.0625. The minimum absolute atomic E-state index is 0.476. The molecular formula is C16H9Cl2NO2S3. The molecule has 3 rings (SSSR count). The highest BCUT2D eigenvalue weighted by Gasteiger charge is 2.14. The molecular weight excluding hydrogens is 405 g/mol. The van der Waals surface area contributed by atoms with Gasteiger partial charge in [-0.15, -0.1) is 34.4 Å². The maximum absolute atomic E-state index is 11.3. The van der Waals surface area contributed by atoms with E-state index in [4.69, 9.17) is 23.2 Å². The number of aromatic nitrogens is 1. The summed E-state index contributed by atoms with van der Waals surface area (Å²) in [5.41, 5.74) is 1.52. The second-order valence-corrected chi connectivity index (χ2v) is 8.39. The van der Waals surface area contributed by atoms with Crippen molar-refractivity contribution in [2.75, 3.05) is 6.26 Å². The minimum Gasteiger partial charge on any atom is -0.275 e. The average Bonchev–Trinajstić information content (AvgIpc) is 3.23. The van der Waals surface area contributed by atoms with Crippen molar-refractivity contribution in [2.24, 2.45) is 0 Å². The van der Waals surface area contributed by atoms with Gasteiger partial charge in [0.1, 0.15) is 0 Å². The molecule has 0 atom stereocenters. The van der Waals surface area contributed by atoms with Crippen molar-refractivity contribution in [2.45, 2.75) is 4.90 Å². The van der Waals surface area contributed by atoms with Gasteiger partial charge in [0.2, 0.25) is 0 Å². The van der Waals surface area contributed by atoms with E-state index in [0.717, 1.165) is 26.0 Å². The van der Waals surface area contributed by atoms with Gasteiger partial charge in [-0.3, -0.25) is 9.59 Å². The Kier molecular flexibility index (Phi) is 5.42. The molecule has 24 heavy (non-hydrogen) atoms. The van der Waals surface area contributed by atoms with Crippen LogP contribution >= 0.6 is 57.6 Å². The van der Waals surface area contributed by atoms with Crippen LogP contribution in [0.4, 0.5) is 0 Å². The van der Waals surface area contributed by atoms with Gasteiger partial charge >= 0.3 is 0 Å². The van der Waals surface area contributed by atoms with Crippen molar-refractivity contribution in [3.05, 3.63) is 46.2 Å². The summed E-state index contributed by atoms with van der Waals surface area (Å²) < 4.78 is 0. The molecule has 0 saturated carbocycles. The Balaban J connectivity index is 2.07. The first kappa shape index (κ1) is 17.6. The summed E-state index contributed by atoms with van der Waals surface area (Å²) in [4.78, 5) is 30.9. The largest absolute Gasteiger partial charge is 0.275 e. The van der Waals surface area contributed by atoms with Crippen molar-refractivity contribution in [1.82, 2.24) is 4.98 Å². The highest BCUT2D eigenvalue weighted by atomic mass is 35.5. The average molecular weight is 414 g/mol. The maximum Gasteiger partial charge on any atom is 0.262 e. The molecule has 0 amide bonds. The summed E-state index contributed by atoms with van der Waals surface area (Å²) in [5, 5.41) is -0.952. The maximum atomic E-state index is 11.3. The highest BCUT2D eigenvalue weighted by molar-refractivity contribution is 7.98. The molecule has 0 radical (unpaired) electrons. The van der Waals surface area contributed by atoms with E-state index in [-0.39, 0.29) is 0 Å². The van der Waals surface area contributed by atoms with Crippen molar-refractivity contribution in [1.29, 1.82) is 0 Å². The first-order valence-corrected chi connectivity index (χ1v) is 10.3.